The molecule has 1 aromatic rings. The molecular formula is C12H15FN2O3S. The zero-order valence-corrected chi connectivity index (χ0v) is 11.4. The lowest BCUT2D eigenvalue weighted by molar-refractivity contribution is -0.119. The Morgan fingerprint density at radius 3 is 2.79 bits per heavy atom. The van der Waals surface area contributed by atoms with Crippen LogP contribution in [0.25, 0.3) is 0 Å². The van der Waals surface area contributed by atoms with E-state index in [9.17, 15) is 14.0 Å². The molecule has 104 valence electrons. The lowest BCUT2D eigenvalue weighted by Gasteiger charge is -2.12. The van der Waals surface area contributed by atoms with Crippen molar-refractivity contribution in [3.63, 3.8) is 0 Å². The van der Waals surface area contributed by atoms with Crippen LogP contribution < -0.4 is 15.8 Å². The summed E-state index contributed by atoms with van der Waals surface area (Å²) in [5, 5.41) is 1.51. The van der Waals surface area contributed by atoms with Crippen molar-refractivity contribution in [3.8, 4) is 5.75 Å². The van der Waals surface area contributed by atoms with E-state index in [1.807, 2.05) is 5.32 Å². The van der Waals surface area contributed by atoms with Gasteiger partial charge in [0.25, 0.3) is 0 Å². The zero-order valence-electron chi connectivity index (χ0n) is 10.6. The third-order valence-corrected chi connectivity index (χ3v) is 3.54. The Balaban J connectivity index is 2.63. The Morgan fingerprint density at radius 1 is 1.53 bits per heavy atom. The van der Waals surface area contributed by atoms with E-state index < -0.39 is 17.2 Å². The van der Waals surface area contributed by atoms with Crippen LogP contribution in [0.15, 0.2) is 18.2 Å². The molecule has 1 rings (SSSR count). The molecule has 0 spiro atoms. The van der Waals surface area contributed by atoms with E-state index in [0.717, 1.165) is 0 Å². The van der Waals surface area contributed by atoms with Crippen molar-refractivity contribution in [3.05, 3.63) is 29.6 Å². The van der Waals surface area contributed by atoms with Gasteiger partial charge in [-0.1, -0.05) is 0 Å². The molecule has 0 fully saturated rings. The van der Waals surface area contributed by atoms with Crippen molar-refractivity contribution in [2.75, 3.05) is 7.11 Å². The number of amides is 3. The molecule has 0 aromatic heterocycles. The average molecular weight is 286 g/mol. The highest BCUT2D eigenvalue weighted by Gasteiger charge is 2.16. The second-order valence-electron chi connectivity index (χ2n) is 3.76. The maximum absolute atomic E-state index is 13.1. The first-order valence-corrected chi connectivity index (χ1v) is 6.53. The van der Waals surface area contributed by atoms with Gasteiger partial charge in [0, 0.05) is 11.3 Å². The highest BCUT2D eigenvalue weighted by atomic mass is 32.2. The fraction of sp³-hybridized carbons (Fsp3) is 0.333. The number of urea groups is 1. The molecule has 5 nitrogen and oxygen atoms in total. The number of carbonyl (C=O) groups is 2. The van der Waals surface area contributed by atoms with E-state index in [1.165, 1.54) is 37.1 Å². The van der Waals surface area contributed by atoms with Gasteiger partial charge in [-0.3, -0.25) is 10.1 Å². The molecule has 1 atom stereocenters. The van der Waals surface area contributed by atoms with Gasteiger partial charge in [-0.15, -0.1) is 11.8 Å². The summed E-state index contributed by atoms with van der Waals surface area (Å²) in [6, 6.07) is 3.29. The van der Waals surface area contributed by atoms with Crippen LogP contribution in [-0.2, 0) is 10.5 Å². The quantitative estimate of drug-likeness (QED) is 0.862. The third kappa shape index (κ3) is 4.78. The number of hydrogen-bond donors (Lipinski definition) is 2. The number of ether oxygens (including phenoxy) is 1. The van der Waals surface area contributed by atoms with Crippen molar-refractivity contribution in [2.45, 2.75) is 17.9 Å². The van der Waals surface area contributed by atoms with Crippen molar-refractivity contribution in [1.29, 1.82) is 0 Å². The number of benzene rings is 1. The number of methoxy groups -OCH3 is 1. The number of carbonyl (C=O) groups excluding carboxylic acids is 2. The van der Waals surface area contributed by atoms with E-state index in [2.05, 4.69) is 0 Å². The first kappa shape index (κ1) is 15.3. The highest BCUT2D eigenvalue weighted by molar-refractivity contribution is 7.99. The molecule has 0 radical (unpaired) electrons. The SMILES string of the molecule is COc1ccc(F)cc1CSC(C)C(=O)NC(N)=O. The molecule has 3 amide bonds. The summed E-state index contributed by atoms with van der Waals surface area (Å²) >= 11 is 1.25. The van der Waals surface area contributed by atoms with Crippen LogP contribution in [0.2, 0.25) is 0 Å². The van der Waals surface area contributed by atoms with Crippen molar-refractivity contribution in [1.82, 2.24) is 5.32 Å². The predicted octanol–water partition coefficient (Wildman–Crippen LogP) is 1.65. The summed E-state index contributed by atoms with van der Waals surface area (Å²) < 4.78 is 18.2. The lowest BCUT2D eigenvalue weighted by Crippen LogP contribution is -2.39. The second kappa shape index (κ2) is 6.98. The topological polar surface area (TPSA) is 81.4 Å². The minimum absolute atomic E-state index is 0.370. The van der Waals surface area contributed by atoms with Crippen LogP contribution >= 0.6 is 11.8 Å². The van der Waals surface area contributed by atoms with Gasteiger partial charge in [0.15, 0.2) is 0 Å². The molecule has 0 saturated carbocycles. The number of hydrogen-bond acceptors (Lipinski definition) is 4. The van der Waals surface area contributed by atoms with Crippen LogP contribution in [0.3, 0.4) is 0 Å². The standard InChI is InChI=1S/C12H15FN2O3S/c1-7(11(16)15-12(14)17)19-6-8-5-9(13)3-4-10(8)18-2/h3-5,7H,6H2,1-2H3,(H3,14,15,16,17). The Morgan fingerprint density at radius 2 is 2.21 bits per heavy atom. The van der Waals surface area contributed by atoms with Crippen LogP contribution in [-0.4, -0.2) is 24.3 Å². The Labute approximate surface area is 114 Å². The van der Waals surface area contributed by atoms with E-state index in [-0.39, 0.29) is 5.82 Å². The normalized spacial score (nSPS) is 11.7. The van der Waals surface area contributed by atoms with Gasteiger partial charge in [0.05, 0.1) is 12.4 Å². The fourth-order valence-electron chi connectivity index (χ4n) is 1.37. The van der Waals surface area contributed by atoms with Crippen LogP contribution in [0.1, 0.15) is 12.5 Å². The predicted molar refractivity (Wildman–Crippen MR) is 71.4 cm³/mol. The van der Waals surface area contributed by atoms with Gasteiger partial charge in [-0.05, 0) is 25.1 Å². The number of halogens is 1. The van der Waals surface area contributed by atoms with E-state index in [4.69, 9.17) is 10.5 Å². The molecule has 1 unspecified atom stereocenters. The summed E-state index contributed by atoms with van der Waals surface area (Å²) in [5.74, 6) is 0.0868. The highest BCUT2D eigenvalue weighted by Crippen LogP contribution is 2.26. The van der Waals surface area contributed by atoms with Crippen LogP contribution in [0.4, 0.5) is 9.18 Å². The number of rotatable bonds is 5. The molecule has 0 aliphatic heterocycles. The molecular weight excluding hydrogens is 271 g/mol. The largest absolute Gasteiger partial charge is 0.496 e. The fourth-order valence-corrected chi connectivity index (χ4v) is 2.24. The summed E-state index contributed by atoms with van der Waals surface area (Å²) in [6.45, 7) is 1.63. The molecule has 0 aliphatic carbocycles. The summed E-state index contributed by atoms with van der Waals surface area (Å²) in [5.41, 5.74) is 5.50. The van der Waals surface area contributed by atoms with Crippen molar-refractivity contribution in [2.24, 2.45) is 5.73 Å². The van der Waals surface area contributed by atoms with Gasteiger partial charge >= 0.3 is 6.03 Å². The number of imide groups is 1. The summed E-state index contributed by atoms with van der Waals surface area (Å²) in [4.78, 5) is 22.0. The summed E-state index contributed by atoms with van der Waals surface area (Å²) in [7, 11) is 1.49. The maximum atomic E-state index is 13.1. The number of nitrogens with one attached hydrogen (secondary N) is 1. The monoisotopic (exact) mass is 286 g/mol. The van der Waals surface area contributed by atoms with Crippen molar-refractivity contribution >= 4 is 23.7 Å². The van der Waals surface area contributed by atoms with Gasteiger partial charge in [0.1, 0.15) is 11.6 Å². The van der Waals surface area contributed by atoms with E-state index in [1.54, 1.807) is 6.92 Å². The lowest BCUT2D eigenvalue weighted by atomic mass is 10.2. The molecule has 7 heteroatoms. The Hall–Kier alpha value is -1.76. The van der Waals surface area contributed by atoms with Gasteiger partial charge < -0.3 is 10.5 Å². The first-order valence-electron chi connectivity index (χ1n) is 5.48. The average Bonchev–Trinajstić information content (AvgIpc) is 2.35. The molecule has 3 N–H and O–H groups in total. The molecule has 0 aliphatic rings. The zero-order chi connectivity index (χ0) is 14.4. The molecule has 0 saturated heterocycles. The minimum Gasteiger partial charge on any atom is -0.496 e. The number of primary amides is 1. The Kier molecular flexibility index (Phi) is 5.62. The first-order chi connectivity index (χ1) is 8.93. The third-order valence-electron chi connectivity index (χ3n) is 2.35. The molecule has 19 heavy (non-hydrogen) atoms. The maximum Gasteiger partial charge on any atom is 0.318 e. The number of thioether (sulfide) groups is 1. The van der Waals surface area contributed by atoms with Crippen molar-refractivity contribution < 1.29 is 18.7 Å². The number of nitrogens with two attached hydrogens (primary N) is 1. The minimum atomic E-state index is -0.888. The second-order valence-corrected chi connectivity index (χ2v) is 5.09. The van der Waals surface area contributed by atoms with Crippen LogP contribution in [0.5, 0.6) is 5.75 Å². The van der Waals surface area contributed by atoms with Crippen LogP contribution in [0, 0.1) is 5.82 Å². The smallest absolute Gasteiger partial charge is 0.318 e. The van der Waals surface area contributed by atoms with E-state index in [0.29, 0.717) is 17.1 Å². The Bertz CT molecular complexity index is 482. The molecule has 0 heterocycles. The van der Waals surface area contributed by atoms with Gasteiger partial charge in [-0.2, -0.15) is 0 Å². The van der Waals surface area contributed by atoms with Gasteiger partial charge in [0.2, 0.25) is 5.91 Å². The summed E-state index contributed by atoms with van der Waals surface area (Å²) in [6.07, 6.45) is 0. The molecule has 0 bridgehead atoms. The van der Waals surface area contributed by atoms with Gasteiger partial charge in [-0.25, -0.2) is 9.18 Å². The molecule has 1 aromatic carbocycles. The van der Waals surface area contributed by atoms with E-state index >= 15 is 0 Å².